The molecule has 1 aromatic carbocycles. The molecule has 0 saturated carbocycles. The van der Waals surface area contributed by atoms with Crippen molar-refractivity contribution in [3.05, 3.63) is 63.7 Å². The highest BCUT2D eigenvalue weighted by Crippen LogP contribution is 2.34. The molecule has 11 nitrogen and oxygen atoms in total. The second-order valence-corrected chi connectivity index (χ2v) is 13.7. The van der Waals surface area contributed by atoms with Crippen LogP contribution >= 0.6 is 0 Å². The Balaban J connectivity index is 1.15. The summed E-state index contributed by atoms with van der Waals surface area (Å²) in [5.74, 6) is 0.464. The predicted octanol–water partition coefficient (Wildman–Crippen LogP) is 3.67. The molecule has 0 unspecified atom stereocenters. The molecule has 45 heavy (non-hydrogen) atoms. The summed E-state index contributed by atoms with van der Waals surface area (Å²) in [6, 6.07) is 8.47. The van der Waals surface area contributed by atoms with Gasteiger partial charge >= 0.3 is 11.9 Å². The highest BCUT2D eigenvalue weighted by molar-refractivity contribution is 7.88. The SMILES string of the molecule is COc1ccc2c(n1)n(C1CCN(CCCn3nc(-c4ccc(C(F)(F)F)cc4)c4c3CCN(S(C)(=O)=O)C4)CC1)c(=O)n2C. The molecule has 0 spiro atoms. The van der Waals surface area contributed by atoms with Crippen LogP contribution in [0.15, 0.2) is 41.2 Å². The fourth-order valence-corrected chi connectivity index (χ4v) is 7.28. The number of fused-ring (bicyclic) bond motifs is 2. The molecule has 242 valence electrons. The molecule has 0 amide bonds. The number of benzene rings is 1. The van der Waals surface area contributed by atoms with Crippen LogP contribution < -0.4 is 10.4 Å². The number of imidazole rings is 1. The van der Waals surface area contributed by atoms with E-state index in [4.69, 9.17) is 9.84 Å². The highest BCUT2D eigenvalue weighted by atomic mass is 32.2. The van der Waals surface area contributed by atoms with Gasteiger partial charge in [-0.1, -0.05) is 12.1 Å². The molecular weight excluding hydrogens is 611 g/mol. The second kappa shape index (κ2) is 11.9. The molecule has 6 rings (SSSR count). The van der Waals surface area contributed by atoms with Crippen LogP contribution in [0.2, 0.25) is 0 Å². The van der Waals surface area contributed by atoms with E-state index in [1.807, 2.05) is 10.7 Å². The molecule has 0 radical (unpaired) electrons. The van der Waals surface area contributed by atoms with E-state index in [0.29, 0.717) is 42.3 Å². The topological polar surface area (TPSA) is 107 Å². The van der Waals surface area contributed by atoms with Crippen molar-refractivity contribution in [3.8, 4) is 17.1 Å². The number of rotatable bonds is 8. The number of hydrogen-bond donors (Lipinski definition) is 0. The molecular formula is C30H36F3N7O4S. The second-order valence-electron chi connectivity index (χ2n) is 11.8. The number of likely N-dealkylation sites (tertiary alicyclic amines) is 1. The van der Waals surface area contributed by atoms with Gasteiger partial charge in [0.1, 0.15) is 0 Å². The largest absolute Gasteiger partial charge is 0.481 e. The lowest BCUT2D eigenvalue weighted by Gasteiger charge is -2.32. The van der Waals surface area contributed by atoms with E-state index in [2.05, 4.69) is 9.88 Å². The molecule has 0 atom stereocenters. The molecule has 4 aromatic rings. The van der Waals surface area contributed by atoms with Crippen molar-refractivity contribution in [1.29, 1.82) is 0 Å². The molecule has 15 heteroatoms. The first-order chi connectivity index (χ1) is 21.3. The summed E-state index contributed by atoms with van der Waals surface area (Å²) in [4.78, 5) is 20.0. The lowest BCUT2D eigenvalue weighted by molar-refractivity contribution is -0.137. The van der Waals surface area contributed by atoms with E-state index in [9.17, 15) is 26.4 Å². The van der Waals surface area contributed by atoms with Crippen molar-refractivity contribution >= 4 is 21.2 Å². The predicted molar refractivity (Wildman–Crippen MR) is 162 cm³/mol. The minimum Gasteiger partial charge on any atom is -0.481 e. The van der Waals surface area contributed by atoms with E-state index in [0.717, 1.165) is 74.1 Å². The number of piperidine rings is 1. The van der Waals surface area contributed by atoms with Gasteiger partial charge in [0.15, 0.2) is 5.65 Å². The van der Waals surface area contributed by atoms with E-state index in [1.54, 1.807) is 29.4 Å². The smallest absolute Gasteiger partial charge is 0.416 e. The first-order valence-electron chi connectivity index (χ1n) is 14.9. The van der Waals surface area contributed by atoms with Gasteiger partial charge in [0.05, 0.1) is 30.1 Å². The van der Waals surface area contributed by atoms with Crippen LogP contribution in [0.25, 0.3) is 22.4 Å². The zero-order chi connectivity index (χ0) is 32.1. The Bertz CT molecular complexity index is 1870. The molecule has 2 aliphatic heterocycles. The van der Waals surface area contributed by atoms with Crippen molar-refractivity contribution in [1.82, 2.24) is 33.1 Å². The molecule has 0 aliphatic carbocycles. The van der Waals surface area contributed by atoms with Gasteiger partial charge in [-0.15, -0.1) is 0 Å². The van der Waals surface area contributed by atoms with Crippen molar-refractivity contribution in [3.63, 3.8) is 0 Å². The Labute approximate surface area is 258 Å². The summed E-state index contributed by atoms with van der Waals surface area (Å²) in [5.41, 5.74) is 3.24. The maximum Gasteiger partial charge on any atom is 0.416 e. The number of aromatic nitrogens is 5. The van der Waals surface area contributed by atoms with Crippen LogP contribution in [-0.4, -0.2) is 81.1 Å². The van der Waals surface area contributed by atoms with Crippen molar-refractivity contribution in [2.45, 2.75) is 51.0 Å². The standard InChI is InChI=1S/C30H36F3N7O4S/c1-36-25-9-10-26(44-2)34-28(25)40(29(36)41)22-11-16-37(17-12-22)14-4-15-39-24-13-18-38(45(3,42)43)19-23(24)27(35-39)20-5-7-21(8-6-20)30(31,32)33/h5-10,22H,4,11-19H2,1-3H3. The van der Waals surface area contributed by atoms with Gasteiger partial charge < -0.3 is 9.64 Å². The summed E-state index contributed by atoms with van der Waals surface area (Å²) >= 11 is 0. The van der Waals surface area contributed by atoms with Crippen LogP contribution in [0.4, 0.5) is 13.2 Å². The molecule has 1 fully saturated rings. The molecule has 2 aliphatic rings. The Morgan fingerprint density at radius 2 is 1.73 bits per heavy atom. The van der Waals surface area contributed by atoms with E-state index in [-0.39, 0.29) is 18.3 Å². The van der Waals surface area contributed by atoms with Crippen LogP contribution in [0.5, 0.6) is 5.88 Å². The maximum absolute atomic E-state index is 13.2. The summed E-state index contributed by atoms with van der Waals surface area (Å²) in [6.07, 6.45) is -0.432. The number of sulfonamides is 1. The van der Waals surface area contributed by atoms with Crippen LogP contribution in [0.1, 0.15) is 42.1 Å². The van der Waals surface area contributed by atoms with Gasteiger partial charge in [0.2, 0.25) is 15.9 Å². The van der Waals surface area contributed by atoms with Gasteiger partial charge in [0.25, 0.3) is 0 Å². The summed E-state index contributed by atoms with van der Waals surface area (Å²) < 4.78 is 76.1. The quantitative estimate of drug-likeness (QED) is 0.287. The zero-order valence-corrected chi connectivity index (χ0v) is 26.2. The number of ether oxygens (including phenoxy) is 1. The highest BCUT2D eigenvalue weighted by Gasteiger charge is 2.32. The normalized spacial score (nSPS) is 17.2. The van der Waals surface area contributed by atoms with Crippen LogP contribution in [0.3, 0.4) is 0 Å². The average Bonchev–Trinajstić information content (AvgIpc) is 3.50. The molecule has 5 heterocycles. The first kappa shape index (κ1) is 31.3. The van der Waals surface area contributed by atoms with E-state index >= 15 is 0 Å². The minimum absolute atomic E-state index is 0.0271. The van der Waals surface area contributed by atoms with Gasteiger partial charge in [-0.3, -0.25) is 13.8 Å². The monoisotopic (exact) mass is 647 g/mol. The van der Waals surface area contributed by atoms with Gasteiger partial charge in [-0.25, -0.2) is 13.2 Å². The number of alkyl halides is 3. The number of nitrogens with zero attached hydrogens (tertiary/aromatic N) is 7. The Hall–Kier alpha value is -3.69. The maximum atomic E-state index is 13.2. The third kappa shape index (κ3) is 6.12. The number of methoxy groups -OCH3 is 1. The van der Waals surface area contributed by atoms with Crippen LogP contribution in [-0.2, 0) is 42.8 Å². The van der Waals surface area contributed by atoms with Gasteiger partial charge in [-0.2, -0.15) is 27.6 Å². The van der Waals surface area contributed by atoms with Crippen LogP contribution in [0, 0.1) is 0 Å². The molecule has 1 saturated heterocycles. The summed E-state index contributed by atoms with van der Waals surface area (Å²) in [5, 5.41) is 4.80. The summed E-state index contributed by atoms with van der Waals surface area (Å²) in [6.45, 7) is 3.48. The first-order valence-corrected chi connectivity index (χ1v) is 16.8. The molecule has 3 aromatic heterocycles. The molecule has 0 N–H and O–H groups in total. The van der Waals surface area contributed by atoms with E-state index in [1.165, 1.54) is 16.4 Å². The minimum atomic E-state index is -4.45. The lowest BCUT2D eigenvalue weighted by Crippen LogP contribution is -2.38. The third-order valence-corrected chi connectivity index (χ3v) is 10.2. The summed E-state index contributed by atoms with van der Waals surface area (Å²) in [7, 11) is -0.147. The third-order valence-electron chi connectivity index (χ3n) is 8.94. The fraction of sp³-hybridized carbons (Fsp3) is 0.500. The van der Waals surface area contributed by atoms with Crippen molar-refractivity contribution in [2.75, 3.05) is 39.5 Å². The Morgan fingerprint density at radius 1 is 1.02 bits per heavy atom. The van der Waals surface area contributed by atoms with Gasteiger partial charge in [0, 0.05) is 75.1 Å². The number of hydrogen-bond acceptors (Lipinski definition) is 7. The zero-order valence-electron chi connectivity index (χ0n) is 25.4. The number of aryl methyl sites for hydroxylation is 2. The van der Waals surface area contributed by atoms with Crippen molar-refractivity contribution < 1.29 is 26.3 Å². The Kier molecular flexibility index (Phi) is 8.29. The van der Waals surface area contributed by atoms with Crippen molar-refractivity contribution in [2.24, 2.45) is 7.05 Å². The number of halogens is 3. The Morgan fingerprint density at radius 3 is 2.38 bits per heavy atom. The fourth-order valence-electron chi connectivity index (χ4n) is 6.49. The van der Waals surface area contributed by atoms with E-state index < -0.39 is 21.8 Å². The molecule has 0 bridgehead atoms. The van der Waals surface area contributed by atoms with Gasteiger partial charge in [-0.05, 0) is 44.0 Å². The average molecular weight is 648 g/mol. The number of pyridine rings is 1. The lowest BCUT2D eigenvalue weighted by atomic mass is 10.0.